The highest BCUT2D eigenvalue weighted by atomic mass is 32.2. The van der Waals surface area contributed by atoms with Gasteiger partial charge in [0.15, 0.2) is 5.65 Å². The minimum absolute atomic E-state index is 0.0196. The molecule has 7 nitrogen and oxygen atoms in total. The van der Waals surface area contributed by atoms with E-state index in [1.165, 1.54) is 6.07 Å². The maximum atomic E-state index is 12.0. The van der Waals surface area contributed by atoms with Crippen LogP contribution >= 0.6 is 0 Å². The Labute approximate surface area is 185 Å². The summed E-state index contributed by atoms with van der Waals surface area (Å²) < 4.78 is 25.8. The van der Waals surface area contributed by atoms with Crippen LogP contribution in [0.3, 0.4) is 0 Å². The molecule has 0 aliphatic heterocycles. The summed E-state index contributed by atoms with van der Waals surface area (Å²) in [5, 5.41) is 11.2. The van der Waals surface area contributed by atoms with E-state index in [0.29, 0.717) is 11.0 Å². The second-order valence-corrected chi connectivity index (χ2v) is 9.31. The van der Waals surface area contributed by atoms with E-state index in [4.69, 9.17) is 10.9 Å². The largest absolute Gasteiger partial charge is 0.324 e. The predicted molar refractivity (Wildman–Crippen MR) is 125 cm³/mol. The summed E-state index contributed by atoms with van der Waals surface area (Å²) in [6.07, 6.45) is 5.47. The van der Waals surface area contributed by atoms with Gasteiger partial charge in [0.25, 0.3) is 0 Å². The van der Waals surface area contributed by atoms with Crippen LogP contribution in [0, 0.1) is 0 Å². The molecule has 5 rings (SSSR count). The average molecular weight is 444 g/mol. The molecule has 0 saturated carbocycles. The zero-order valence-corrected chi connectivity index (χ0v) is 18.1. The van der Waals surface area contributed by atoms with Crippen LogP contribution < -0.4 is 10.9 Å². The average Bonchev–Trinajstić information content (AvgIpc) is 3.20. The molecule has 0 bridgehead atoms. The molecule has 0 spiro atoms. The van der Waals surface area contributed by atoms with Gasteiger partial charge in [0, 0.05) is 34.9 Å². The van der Waals surface area contributed by atoms with Crippen molar-refractivity contribution in [2.75, 3.05) is 0 Å². The van der Waals surface area contributed by atoms with Crippen LogP contribution in [0.25, 0.3) is 38.7 Å². The third kappa shape index (κ3) is 3.44. The lowest BCUT2D eigenvalue weighted by Crippen LogP contribution is -2.12. The van der Waals surface area contributed by atoms with Gasteiger partial charge in [-0.2, -0.15) is 5.10 Å². The molecule has 5 aromatic rings. The van der Waals surface area contributed by atoms with Crippen LogP contribution in [0.4, 0.5) is 0 Å². The number of sulfonamides is 1. The van der Waals surface area contributed by atoms with Gasteiger partial charge in [-0.3, -0.25) is 0 Å². The Morgan fingerprint density at radius 1 is 0.875 bits per heavy atom. The third-order valence-corrected chi connectivity index (χ3v) is 6.58. The fourth-order valence-electron chi connectivity index (χ4n) is 3.95. The van der Waals surface area contributed by atoms with Crippen molar-refractivity contribution in [1.82, 2.24) is 14.6 Å². The first-order valence-electron chi connectivity index (χ1n) is 10.1. The molecule has 2 aromatic heterocycles. The first kappa shape index (κ1) is 20.3. The van der Waals surface area contributed by atoms with E-state index >= 15 is 0 Å². The molecule has 8 heteroatoms. The molecule has 0 aliphatic carbocycles. The van der Waals surface area contributed by atoms with Gasteiger partial charge in [-0.25, -0.2) is 23.1 Å². The van der Waals surface area contributed by atoms with Crippen molar-refractivity contribution in [3.63, 3.8) is 0 Å². The Bertz CT molecular complexity index is 1570. The van der Waals surface area contributed by atoms with Crippen molar-refractivity contribution in [1.29, 1.82) is 0 Å². The lowest BCUT2D eigenvalue weighted by Gasteiger charge is -2.10. The maximum absolute atomic E-state index is 12.0. The van der Waals surface area contributed by atoms with Crippen LogP contribution in [-0.2, 0) is 10.0 Å². The predicted octanol–water partition coefficient (Wildman–Crippen LogP) is 3.88. The van der Waals surface area contributed by atoms with Crippen molar-refractivity contribution in [3.8, 4) is 22.3 Å². The third-order valence-electron chi connectivity index (χ3n) is 5.61. The van der Waals surface area contributed by atoms with Crippen molar-refractivity contribution >= 4 is 26.4 Å². The summed E-state index contributed by atoms with van der Waals surface area (Å²) in [5.74, 6) is 0. The lowest BCUT2D eigenvalue weighted by molar-refractivity contribution is 0.598. The van der Waals surface area contributed by atoms with Gasteiger partial charge >= 0.3 is 0 Å². The highest BCUT2D eigenvalue weighted by molar-refractivity contribution is 7.89. The van der Waals surface area contributed by atoms with Crippen LogP contribution in [0.1, 0.15) is 18.5 Å². The summed E-state index contributed by atoms with van der Waals surface area (Å²) in [5.41, 5.74) is 11.3. The SMILES string of the molecule is CC(N)c1ccc(-c2cnc3c(-c4ccc(S(N)(=O)=O)c5ccccc45)cnn3c2)cc1. The monoisotopic (exact) mass is 443 g/mol. The van der Waals surface area contributed by atoms with Gasteiger partial charge in [-0.15, -0.1) is 0 Å². The highest BCUT2D eigenvalue weighted by Crippen LogP contribution is 2.34. The van der Waals surface area contributed by atoms with Gasteiger partial charge < -0.3 is 5.73 Å². The fourth-order valence-corrected chi connectivity index (χ4v) is 4.69. The first-order valence-corrected chi connectivity index (χ1v) is 11.6. The molecule has 0 radical (unpaired) electrons. The van der Waals surface area contributed by atoms with E-state index in [1.54, 1.807) is 28.9 Å². The Morgan fingerprint density at radius 3 is 2.28 bits per heavy atom. The van der Waals surface area contributed by atoms with E-state index < -0.39 is 10.0 Å². The van der Waals surface area contributed by atoms with Crippen molar-refractivity contribution in [2.24, 2.45) is 10.9 Å². The number of nitrogens with two attached hydrogens (primary N) is 2. The minimum atomic E-state index is -3.85. The Balaban J connectivity index is 1.63. The molecule has 1 atom stereocenters. The second kappa shape index (κ2) is 7.52. The van der Waals surface area contributed by atoms with Crippen molar-refractivity contribution < 1.29 is 8.42 Å². The smallest absolute Gasteiger partial charge is 0.238 e. The molecule has 4 N–H and O–H groups in total. The van der Waals surface area contributed by atoms with Crippen LogP contribution in [0.15, 0.2) is 84.1 Å². The molecule has 2 heterocycles. The van der Waals surface area contributed by atoms with Crippen LogP contribution in [0.5, 0.6) is 0 Å². The number of hydrogen-bond acceptors (Lipinski definition) is 5. The first-order chi connectivity index (χ1) is 15.3. The number of benzene rings is 3. The number of rotatable bonds is 4. The highest BCUT2D eigenvalue weighted by Gasteiger charge is 2.17. The molecule has 1 unspecified atom stereocenters. The summed E-state index contributed by atoms with van der Waals surface area (Å²) in [6, 6.07) is 18.6. The molecule has 0 amide bonds. The number of hydrogen-bond donors (Lipinski definition) is 2. The van der Waals surface area contributed by atoms with Crippen molar-refractivity contribution in [2.45, 2.75) is 17.9 Å². The summed E-state index contributed by atoms with van der Waals surface area (Å²) in [4.78, 5) is 4.76. The fraction of sp³-hybridized carbons (Fsp3) is 0.0833. The summed E-state index contributed by atoms with van der Waals surface area (Å²) in [7, 11) is -3.85. The van der Waals surface area contributed by atoms with E-state index in [-0.39, 0.29) is 10.9 Å². The number of fused-ring (bicyclic) bond motifs is 2. The molecule has 0 saturated heterocycles. The number of nitrogens with zero attached hydrogens (tertiary/aromatic N) is 3. The molecule has 160 valence electrons. The van der Waals surface area contributed by atoms with Crippen LogP contribution in [-0.4, -0.2) is 23.0 Å². The molecule has 0 fully saturated rings. The van der Waals surface area contributed by atoms with E-state index in [0.717, 1.165) is 33.2 Å². The molecular weight excluding hydrogens is 422 g/mol. The Kier molecular flexibility index (Phi) is 4.78. The lowest BCUT2D eigenvalue weighted by atomic mass is 10.00. The standard InChI is InChI=1S/C24H21N5O2S/c1-15(25)16-6-8-17(9-7-16)18-12-27-24-22(13-28-29(24)14-18)20-10-11-23(32(26,30)31)21-5-3-2-4-19(20)21/h2-15H,25H2,1H3,(H2,26,30,31). The minimum Gasteiger partial charge on any atom is -0.324 e. The zero-order chi connectivity index (χ0) is 22.5. The number of aromatic nitrogens is 3. The number of primary sulfonamides is 1. The van der Waals surface area contributed by atoms with Gasteiger partial charge in [-0.05, 0) is 35.1 Å². The molecule has 3 aromatic carbocycles. The van der Waals surface area contributed by atoms with Gasteiger partial charge in [0.1, 0.15) is 0 Å². The van der Waals surface area contributed by atoms with E-state index in [2.05, 4.69) is 10.1 Å². The van der Waals surface area contributed by atoms with Gasteiger partial charge in [-0.1, -0.05) is 54.6 Å². The summed E-state index contributed by atoms with van der Waals surface area (Å²) in [6.45, 7) is 1.95. The van der Waals surface area contributed by atoms with E-state index in [1.807, 2.05) is 55.7 Å². The zero-order valence-electron chi connectivity index (χ0n) is 17.3. The summed E-state index contributed by atoms with van der Waals surface area (Å²) >= 11 is 0. The Morgan fingerprint density at radius 2 is 1.59 bits per heavy atom. The van der Waals surface area contributed by atoms with Crippen molar-refractivity contribution in [3.05, 3.63) is 84.8 Å². The second-order valence-electron chi connectivity index (χ2n) is 7.78. The van der Waals surface area contributed by atoms with Crippen LogP contribution in [0.2, 0.25) is 0 Å². The normalized spacial score (nSPS) is 13.0. The molecule has 32 heavy (non-hydrogen) atoms. The van der Waals surface area contributed by atoms with Gasteiger partial charge in [0.2, 0.25) is 10.0 Å². The maximum Gasteiger partial charge on any atom is 0.238 e. The topological polar surface area (TPSA) is 116 Å². The van der Waals surface area contributed by atoms with E-state index in [9.17, 15) is 8.42 Å². The molecule has 0 aliphatic rings. The quantitative estimate of drug-likeness (QED) is 0.437. The Hall–Kier alpha value is -3.59. The van der Waals surface area contributed by atoms with Gasteiger partial charge in [0.05, 0.1) is 11.1 Å². The molecular formula is C24H21N5O2S.